The van der Waals surface area contributed by atoms with E-state index in [1.54, 1.807) is 4.68 Å². The van der Waals surface area contributed by atoms with Crippen LogP contribution in [0.5, 0.6) is 0 Å². The molecule has 0 spiro atoms. The SMILES string of the molecule is CC.Cc1nc(-c2cc(C)n(C)n2)n[nH]1. The van der Waals surface area contributed by atoms with E-state index in [9.17, 15) is 0 Å². The van der Waals surface area contributed by atoms with Crippen LogP contribution < -0.4 is 0 Å². The van der Waals surface area contributed by atoms with Gasteiger partial charge in [-0.05, 0) is 19.9 Å². The number of H-pyrrole nitrogens is 1. The van der Waals surface area contributed by atoms with Gasteiger partial charge in [0.05, 0.1) is 0 Å². The highest BCUT2D eigenvalue weighted by atomic mass is 15.3. The average molecular weight is 207 g/mol. The Hall–Kier alpha value is -1.65. The van der Waals surface area contributed by atoms with Crippen LogP contribution in [0, 0.1) is 13.8 Å². The lowest BCUT2D eigenvalue weighted by Gasteiger charge is -1.88. The molecule has 0 atom stereocenters. The van der Waals surface area contributed by atoms with Gasteiger partial charge in [-0.2, -0.15) is 10.2 Å². The highest BCUT2D eigenvalue weighted by Gasteiger charge is 2.07. The number of aromatic nitrogens is 5. The second-order valence-electron chi connectivity index (χ2n) is 3.04. The molecule has 2 aromatic heterocycles. The van der Waals surface area contributed by atoms with Crippen molar-refractivity contribution in [2.24, 2.45) is 7.05 Å². The van der Waals surface area contributed by atoms with Gasteiger partial charge in [-0.15, -0.1) is 0 Å². The second-order valence-corrected chi connectivity index (χ2v) is 3.04. The van der Waals surface area contributed by atoms with Crippen LogP contribution in [0.2, 0.25) is 0 Å². The summed E-state index contributed by atoms with van der Waals surface area (Å²) in [6.07, 6.45) is 0. The molecule has 82 valence electrons. The summed E-state index contributed by atoms with van der Waals surface area (Å²) in [7, 11) is 1.90. The van der Waals surface area contributed by atoms with Crippen molar-refractivity contribution < 1.29 is 0 Å². The minimum Gasteiger partial charge on any atom is -0.272 e. The van der Waals surface area contributed by atoms with Crippen LogP contribution in [0.15, 0.2) is 6.07 Å². The quantitative estimate of drug-likeness (QED) is 0.776. The zero-order valence-electron chi connectivity index (χ0n) is 9.87. The molecular weight excluding hydrogens is 190 g/mol. The van der Waals surface area contributed by atoms with Crippen molar-refractivity contribution in [3.05, 3.63) is 17.6 Å². The Balaban J connectivity index is 0.000000531. The van der Waals surface area contributed by atoms with E-state index in [2.05, 4.69) is 20.3 Å². The molecule has 0 aliphatic heterocycles. The molecule has 2 heterocycles. The van der Waals surface area contributed by atoms with Crippen LogP contribution in [0.4, 0.5) is 0 Å². The lowest BCUT2D eigenvalue weighted by molar-refractivity contribution is 0.741. The van der Waals surface area contributed by atoms with E-state index in [1.807, 2.05) is 40.8 Å². The number of rotatable bonds is 1. The Morgan fingerprint density at radius 3 is 2.33 bits per heavy atom. The van der Waals surface area contributed by atoms with Gasteiger partial charge in [0.1, 0.15) is 11.5 Å². The predicted molar refractivity (Wildman–Crippen MR) is 59.4 cm³/mol. The van der Waals surface area contributed by atoms with Crippen molar-refractivity contribution >= 4 is 0 Å². The van der Waals surface area contributed by atoms with E-state index in [4.69, 9.17) is 0 Å². The molecule has 0 aliphatic carbocycles. The average Bonchev–Trinajstić information content (AvgIpc) is 2.78. The first-order chi connectivity index (χ1) is 7.16. The third kappa shape index (κ3) is 2.43. The van der Waals surface area contributed by atoms with Crippen molar-refractivity contribution in [2.75, 3.05) is 0 Å². The van der Waals surface area contributed by atoms with Gasteiger partial charge >= 0.3 is 0 Å². The molecule has 5 heteroatoms. The first-order valence-corrected chi connectivity index (χ1v) is 5.07. The summed E-state index contributed by atoms with van der Waals surface area (Å²) in [5.74, 6) is 1.46. The highest BCUT2D eigenvalue weighted by molar-refractivity contribution is 5.48. The predicted octanol–water partition coefficient (Wildman–Crippen LogP) is 1.85. The minimum atomic E-state index is 0.654. The maximum absolute atomic E-state index is 4.27. The molecule has 0 amide bonds. The van der Waals surface area contributed by atoms with Crippen LogP contribution in [0.25, 0.3) is 11.5 Å². The fourth-order valence-corrected chi connectivity index (χ4v) is 1.13. The van der Waals surface area contributed by atoms with Crippen molar-refractivity contribution in [1.29, 1.82) is 0 Å². The first kappa shape index (κ1) is 11.4. The molecule has 0 bridgehead atoms. The monoisotopic (exact) mass is 207 g/mol. The molecule has 1 N–H and O–H groups in total. The summed E-state index contributed by atoms with van der Waals surface area (Å²) in [5.41, 5.74) is 1.90. The zero-order chi connectivity index (χ0) is 11.4. The number of nitrogens with zero attached hydrogens (tertiary/aromatic N) is 4. The van der Waals surface area contributed by atoms with Gasteiger partial charge in [0.25, 0.3) is 0 Å². The van der Waals surface area contributed by atoms with E-state index in [1.165, 1.54) is 0 Å². The molecule has 0 saturated carbocycles. The van der Waals surface area contributed by atoms with Gasteiger partial charge in [0.15, 0.2) is 0 Å². The number of aryl methyl sites for hydroxylation is 3. The lowest BCUT2D eigenvalue weighted by atomic mass is 10.3. The highest BCUT2D eigenvalue weighted by Crippen LogP contribution is 2.12. The Labute approximate surface area is 89.5 Å². The third-order valence-corrected chi connectivity index (χ3v) is 1.94. The smallest absolute Gasteiger partial charge is 0.201 e. The molecule has 0 fully saturated rings. The Bertz CT molecular complexity index is 407. The number of hydrogen-bond donors (Lipinski definition) is 1. The van der Waals surface area contributed by atoms with E-state index in [0.29, 0.717) is 5.82 Å². The van der Waals surface area contributed by atoms with Crippen LogP contribution in [0.3, 0.4) is 0 Å². The van der Waals surface area contributed by atoms with Crippen LogP contribution >= 0.6 is 0 Å². The van der Waals surface area contributed by atoms with E-state index >= 15 is 0 Å². The fraction of sp³-hybridized carbons (Fsp3) is 0.500. The number of nitrogens with one attached hydrogen (secondary N) is 1. The first-order valence-electron chi connectivity index (χ1n) is 5.07. The zero-order valence-corrected chi connectivity index (χ0v) is 9.87. The summed E-state index contributed by atoms with van der Waals surface area (Å²) in [5, 5.41) is 11.1. The topological polar surface area (TPSA) is 59.4 Å². The third-order valence-electron chi connectivity index (χ3n) is 1.94. The van der Waals surface area contributed by atoms with Crippen molar-refractivity contribution in [3.8, 4) is 11.5 Å². The molecule has 0 aliphatic rings. The Morgan fingerprint density at radius 1 is 1.27 bits per heavy atom. The molecule has 0 aromatic carbocycles. The lowest BCUT2D eigenvalue weighted by Crippen LogP contribution is -1.92. The fourth-order valence-electron chi connectivity index (χ4n) is 1.13. The minimum absolute atomic E-state index is 0.654. The van der Waals surface area contributed by atoms with Gasteiger partial charge in [-0.1, -0.05) is 13.8 Å². The summed E-state index contributed by atoms with van der Waals surface area (Å²) in [4.78, 5) is 4.19. The standard InChI is InChI=1S/C8H11N5.C2H6/c1-5-4-7(12-13(5)3)8-9-6(2)10-11-8;1-2/h4H,1-3H3,(H,9,10,11);1-2H3. The molecule has 15 heavy (non-hydrogen) atoms. The molecule has 0 saturated heterocycles. The van der Waals surface area contributed by atoms with Gasteiger partial charge in [-0.3, -0.25) is 9.78 Å². The van der Waals surface area contributed by atoms with Crippen LogP contribution in [-0.2, 0) is 7.05 Å². The summed E-state index contributed by atoms with van der Waals surface area (Å²) in [6, 6.07) is 1.96. The van der Waals surface area contributed by atoms with Crippen molar-refractivity contribution in [1.82, 2.24) is 25.0 Å². The maximum atomic E-state index is 4.27. The summed E-state index contributed by atoms with van der Waals surface area (Å²) < 4.78 is 1.81. The van der Waals surface area contributed by atoms with Gasteiger partial charge in [0, 0.05) is 12.7 Å². The summed E-state index contributed by atoms with van der Waals surface area (Å²) >= 11 is 0. The molecular formula is C10H17N5. The van der Waals surface area contributed by atoms with Gasteiger partial charge in [0.2, 0.25) is 5.82 Å². The second kappa shape index (κ2) is 4.72. The number of hydrogen-bond acceptors (Lipinski definition) is 3. The van der Waals surface area contributed by atoms with Gasteiger partial charge < -0.3 is 0 Å². The van der Waals surface area contributed by atoms with Crippen molar-refractivity contribution in [3.63, 3.8) is 0 Å². The largest absolute Gasteiger partial charge is 0.272 e. The molecule has 2 aromatic rings. The van der Waals surface area contributed by atoms with Crippen molar-refractivity contribution in [2.45, 2.75) is 27.7 Å². The molecule has 2 rings (SSSR count). The maximum Gasteiger partial charge on any atom is 0.201 e. The summed E-state index contributed by atoms with van der Waals surface area (Å²) in [6.45, 7) is 7.86. The van der Waals surface area contributed by atoms with Crippen LogP contribution in [0.1, 0.15) is 25.4 Å². The Kier molecular flexibility index (Phi) is 3.60. The van der Waals surface area contributed by atoms with Gasteiger partial charge in [-0.25, -0.2) is 4.98 Å². The molecule has 5 nitrogen and oxygen atoms in total. The normalized spacial score (nSPS) is 9.67. The van der Waals surface area contributed by atoms with E-state index < -0.39 is 0 Å². The van der Waals surface area contributed by atoms with E-state index in [-0.39, 0.29) is 0 Å². The van der Waals surface area contributed by atoms with Crippen LogP contribution in [-0.4, -0.2) is 25.0 Å². The Morgan fingerprint density at radius 2 is 1.93 bits per heavy atom. The number of aromatic amines is 1. The molecule has 0 radical (unpaired) electrons. The van der Waals surface area contributed by atoms with E-state index in [0.717, 1.165) is 17.2 Å². The molecule has 0 unspecified atom stereocenters.